The van der Waals surface area contributed by atoms with E-state index in [1.165, 1.54) is 0 Å². The number of benzene rings is 1. The fourth-order valence-corrected chi connectivity index (χ4v) is 2.09. The molecule has 0 bridgehead atoms. The molecule has 0 saturated carbocycles. The second kappa shape index (κ2) is 7.38. The topological polar surface area (TPSA) is 46.2 Å². The Morgan fingerprint density at radius 2 is 2.05 bits per heavy atom. The average molecular weight is 366 g/mol. The van der Waals surface area contributed by atoms with Gasteiger partial charge >= 0.3 is 0 Å². The van der Waals surface area contributed by atoms with Crippen molar-refractivity contribution >= 4 is 39.1 Å². The van der Waals surface area contributed by atoms with Gasteiger partial charge in [-0.25, -0.2) is 4.98 Å². The summed E-state index contributed by atoms with van der Waals surface area (Å²) in [7, 11) is 1.65. The van der Waals surface area contributed by atoms with Crippen LogP contribution in [0.5, 0.6) is 5.75 Å². The minimum Gasteiger partial charge on any atom is -0.497 e. The molecule has 0 unspecified atom stereocenters. The number of hydrogen-bond donors (Lipinski definition) is 2. The van der Waals surface area contributed by atoms with Gasteiger partial charge < -0.3 is 15.4 Å². The molecule has 1 aromatic heterocycles. The van der Waals surface area contributed by atoms with Crippen LogP contribution in [0.4, 0.5) is 5.82 Å². The summed E-state index contributed by atoms with van der Waals surface area (Å²) in [5.41, 5.74) is 2.23. The third kappa shape index (κ3) is 4.68. The SMILES string of the molecule is COc1ccc(CNC(=S)Nc2cc(C)c(Br)cn2)cc1. The van der Waals surface area contributed by atoms with E-state index in [-0.39, 0.29) is 0 Å². The van der Waals surface area contributed by atoms with Gasteiger partial charge in [-0.05, 0) is 64.4 Å². The van der Waals surface area contributed by atoms with E-state index in [2.05, 4.69) is 31.5 Å². The zero-order chi connectivity index (χ0) is 15.2. The fourth-order valence-electron chi connectivity index (χ4n) is 1.69. The van der Waals surface area contributed by atoms with Crippen molar-refractivity contribution in [2.75, 3.05) is 12.4 Å². The van der Waals surface area contributed by atoms with Crippen molar-refractivity contribution in [3.63, 3.8) is 0 Å². The molecule has 0 atom stereocenters. The van der Waals surface area contributed by atoms with Crippen molar-refractivity contribution < 1.29 is 4.74 Å². The van der Waals surface area contributed by atoms with Crippen molar-refractivity contribution in [3.8, 4) is 5.75 Å². The first-order valence-electron chi connectivity index (χ1n) is 6.38. The quantitative estimate of drug-likeness (QED) is 0.809. The minimum absolute atomic E-state index is 0.542. The normalized spacial score (nSPS) is 10.0. The van der Waals surface area contributed by atoms with Crippen LogP contribution in [0.2, 0.25) is 0 Å². The van der Waals surface area contributed by atoms with Crippen LogP contribution in [0, 0.1) is 6.92 Å². The van der Waals surface area contributed by atoms with Crippen molar-refractivity contribution in [2.24, 2.45) is 0 Å². The van der Waals surface area contributed by atoms with Gasteiger partial charge in [0.2, 0.25) is 0 Å². The fraction of sp³-hybridized carbons (Fsp3) is 0.200. The van der Waals surface area contributed by atoms with Crippen LogP contribution in [0.15, 0.2) is 41.0 Å². The maximum Gasteiger partial charge on any atom is 0.172 e. The highest BCUT2D eigenvalue weighted by Gasteiger charge is 2.02. The number of nitrogens with zero attached hydrogens (tertiary/aromatic N) is 1. The molecule has 0 aliphatic carbocycles. The van der Waals surface area contributed by atoms with Crippen LogP contribution in [-0.4, -0.2) is 17.2 Å². The lowest BCUT2D eigenvalue weighted by Gasteiger charge is -2.11. The molecule has 4 nitrogen and oxygen atoms in total. The molecule has 2 N–H and O–H groups in total. The number of thiocarbonyl (C=S) groups is 1. The maximum atomic E-state index is 5.26. The van der Waals surface area contributed by atoms with E-state index in [0.29, 0.717) is 11.7 Å². The Bertz CT molecular complexity index is 631. The molecular formula is C15H16BrN3OS. The number of ether oxygens (including phenoxy) is 1. The molecular weight excluding hydrogens is 350 g/mol. The average Bonchev–Trinajstić information content (AvgIpc) is 2.49. The summed E-state index contributed by atoms with van der Waals surface area (Å²) in [6, 6.07) is 9.78. The van der Waals surface area contributed by atoms with Gasteiger partial charge in [-0.15, -0.1) is 0 Å². The number of aryl methyl sites for hydroxylation is 1. The first kappa shape index (κ1) is 15.7. The largest absolute Gasteiger partial charge is 0.497 e. The molecule has 0 spiro atoms. The lowest BCUT2D eigenvalue weighted by Crippen LogP contribution is -2.28. The molecule has 1 aromatic carbocycles. The second-order valence-corrected chi connectivity index (χ2v) is 5.74. The smallest absolute Gasteiger partial charge is 0.172 e. The van der Waals surface area contributed by atoms with Crippen LogP contribution >= 0.6 is 28.1 Å². The number of rotatable bonds is 4. The summed E-state index contributed by atoms with van der Waals surface area (Å²) in [6.45, 7) is 2.65. The Labute approximate surface area is 138 Å². The van der Waals surface area contributed by atoms with Crippen molar-refractivity contribution in [2.45, 2.75) is 13.5 Å². The van der Waals surface area contributed by atoms with Gasteiger partial charge in [0.15, 0.2) is 5.11 Å². The molecule has 6 heteroatoms. The molecule has 0 saturated heterocycles. The van der Waals surface area contributed by atoms with Gasteiger partial charge in [0.1, 0.15) is 11.6 Å². The minimum atomic E-state index is 0.542. The third-order valence-electron chi connectivity index (χ3n) is 2.90. The molecule has 110 valence electrons. The second-order valence-electron chi connectivity index (χ2n) is 4.47. The number of nitrogens with one attached hydrogen (secondary N) is 2. The molecule has 0 aliphatic heterocycles. The Kier molecular flexibility index (Phi) is 5.52. The number of halogens is 1. The molecule has 21 heavy (non-hydrogen) atoms. The summed E-state index contributed by atoms with van der Waals surface area (Å²) in [5, 5.41) is 6.75. The molecule has 2 rings (SSSR count). The monoisotopic (exact) mass is 365 g/mol. The van der Waals surface area contributed by atoms with E-state index in [4.69, 9.17) is 17.0 Å². The van der Waals surface area contributed by atoms with Crippen molar-refractivity contribution in [1.29, 1.82) is 0 Å². The van der Waals surface area contributed by atoms with E-state index in [1.807, 2.05) is 37.3 Å². The van der Waals surface area contributed by atoms with Gasteiger partial charge in [0.05, 0.1) is 7.11 Å². The van der Waals surface area contributed by atoms with E-state index < -0.39 is 0 Å². The van der Waals surface area contributed by atoms with Crippen LogP contribution in [-0.2, 0) is 6.54 Å². The summed E-state index contributed by atoms with van der Waals surface area (Å²) >= 11 is 8.68. The lowest BCUT2D eigenvalue weighted by molar-refractivity contribution is 0.414. The highest BCUT2D eigenvalue weighted by atomic mass is 79.9. The Morgan fingerprint density at radius 3 is 2.67 bits per heavy atom. The van der Waals surface area contributed by atoms with Gasteiger partial charge in [-0.2, -0.15) is 0 Å². The molecule has 1 heterocycles. The molecule has 0 radical (unpaired) electrons. The number of hydrogen-bond acceptors (Lipinski definition) is 3. The Hall–Kier alpha value is -1.66. The highest BCUT2D eigenvalue weighted by molar-refractivity contribution is 9.10. The van der Waals surface area contributed by atoms with E-state index in [0.717, 1.165) is 27.2 Å². The predicted molar refractivity (Wildman–Crippen MR) is 92.7 cm³/mol. The first-order valence-corrected chi connectivity index (χ1v) is 7.58. The van der Waals surface area contributed by atoms with Crippen molar-refractivity contribution in [1.82, 2.24) is 10.3 Å². The van der Waals surface area contributed by atoms with Gasteiger partial charge in [-0.1, -0.05) is 12.1 Å². The lowest BCUT2D eigenvalue weighted by atomic mass is 10.2. The zero-order valence-electron chi connectivity index (χ0n) is 11.8. The standard InChI is InChI=1S/C15H16BrN3OS/c1-10-7-14(17-9-13(10)16)19-15(21)18-8-11-3-5-12(20-2)6-4-11/h3-7,9H,8H2,1-2H3,(H2,17,18,19,21). The van der Waals surface area contributed by atoms with Crippen LogP contribution in [0.1, 0.15) is 11.1 Å². The first-order chi connectivity index (χ1) is 10.1. The summed E-state index contributed by atoms with van der Waals surface area (Å²) in [4.78, 5) is 4.25. The molecule has 0 aliphatic rings. The van der Waals surface area contributed by atoms with E-state index in [9.17, 15) is 0 Å². The highest BCUT2D eigenvalue weighted by Crippen LogP contribution is 2.17. The predicted octanol–water partition coefficient (Wildman–Crippen LogP) is 3.65. The van der Waals surface area contributed by atoms with Gasteiger partial charge in [-0.3, -0.25) is 0 Å². The summed E-state index contributed by atoms with van der Waals surface area (Å²) in [5.74, 6) is 1.57. The molecule has 0 fully saturated rings. The van der Waals surface area contributed by atoms with E-state index in [1.54, 1.807) is 13.3 Å². The number of pyridine rings is 1. The van der Waals surface area contributed by atoms with Crippen LogP contribution in [0.25, 0.3) is 0 Å². The summed E-state index contributed by atoms with van der Waals surface area (Å²) in [6.07, 6.45) is 1.75. The van der Waals surface area contributed by atoms with Gasteiger partial charge in [0, 0.05) is 17.2 Å². The zero-order valence-corrected chi connectivity index (χ0v) is 14.2. The third-order valence-corrected chi connectivity index (χ3v) is 3.98. The van der Waals surface area contributed by atoms with E-state index >= 15 is 0 Å². The maximum absolute atomic E-state index is 5.26. The number of methoxy groups -OCH3 is 1. The Morgan fingerprint density at radius 1 is 1.33 bits per heavy atom. The molecule has 2 aromatic rings. The number of aromatic nitrogens is 1. The summed E-state index contributed by atoms with van der Waals surface area (Å²) < 4.78 is 6.10. The molecule has 0 amide bonds. The van der Waals surface area contributed by atoms with Gasteiger partial charge in [0.25, 0.3) is 0 Å². The Balaban J connectivity index is 1.87. The van der Waals surface area contributed by atoms with Crippen LogP contribution < -0.4 is 15.4 Å². The van der Waals surface area contributed by atoms with Crippen molar-refractivity contribution in [3.05, 3.63) is 52.1 Å². The van der Waals surface area contributed by atoms with Crippen LogP contribution in [0.3, 0.4) is 0 Å². The number of anilines is 1.